The first-order valence-corrected chi connectivity index (χ1v) is 9.25. The predicted molar refractivity (Wildman–Crippen MR) is 99.8 cm³/mol. The number of carbonyl (C=O) groups is 1. The van der Waals surface area contributed by atoms with Crippen LogP contribution in [0.4, 0.5) is 0 Å². The number of hydrogen-bond donors (Lipinski definition) is 2. The Hall–Kier alpha value is -2.08. The molecule has 25 heavy (non-hydrogen) atoms. The number of thiophene rings is 1. The molecule has 2 N–H and O–H groups in total. The number of hydrogen-bond acceptors (Lipinski definition) is 4. The smallest absolute Gasteiger partial charge is 0.220 e. The first-order chi connectivity index (χ1) is 12.1. The van der Waals surface area contributed by atoms with Gasteiger partial charge in [-0.3, -0.25) is 4.79 Å². The van der Waals surface area contributed by atoms with E-state index in [0.717, 1.165) is 11.1 Å². The highest BCUT2D eigenvalue weighted by molar-refractivity contribution is 7.08. The van der Waals surface area contributed by atoms with Gasteiger partial charge in [0.25, 0.3) is 0 Å². The number of benzene rings is 1. The molecule has 1 atom stereocenters. The molecule has 4 nitrogen and oxygen atoms in total. The molecular formula is C19H18ClNO3S. The van der Waals surface area contributed by atoms with Gasteiger partial charge in [-0.15, -0.1) is 0 Å². The van der Waals surface area contributed by atoms with Crippen LogP contribution in [0.2, 0.25) is 5.02 Å². The van der Waals surface area contributed by atoms with E-state index < -0.39 is 6.10 Å². The Morgan fingerprint density at radius 3 is 2.92 bits per heavy atom. The first-order valence-electron chi connectivity index (χ1n) is 7.93. The second-order valence-electron chi connectivity index (χ2n) is 5.66. The molecule has 3 aromatic rings. The minimum absolute atomic E-state index is 0.116. The molecule has 2 heterocycles. The Morgan fingerprint density at radius 2 is 2.16 bits per heavy atom. The zero-order chi connectivity index (χ0) is 17.6. The minimum atomic E-state index is -0.873. The summed E-state index contributed by atoms with van der Waals surface area (Å²) in [5, 5.41) is 17.5. The molecular weight excluding hydrogens is 358 g/mol. The summed E-state index contributed by atoms with van der Waals surface area (Å²) < 4.78 is 5.66. The molecule has 0 radical (unpaired) electrons. The van der Waals surface area contributed by atoms with Crippen molar-refractivity contribution in [2.75, 3.05) is 6.54 Å². The standard InChI is InChI=1S/C19H18ClNO3S/c20-15-3-1-2-13(10-15)4-7-19(23)21-11-16(22)18-6-5-17(24-18)14-8-9-25-12-14/h1-3,5-6,8-10,12,16,22H,4,7,11H2,(H,21,23)/t16-/m0/s1. The molecule has 0 saturated heterocycles. The van der Waals surface area contributed by atoms with E-state index in [1.807, 2.05) is 41.1 Å². The Balaban J connectivity index is 1.47. The summed E-state index contributed by atoms with van der Waals surface area (Å²) in [6.45, 7) is 0.116. The molecule has 130 valence electrons. The molecule has 0 aliphatic rings. The van der Waals surface area contributed by atoms with E-state index in [1.54, 1.807) is 23.5 Å². The summed E-state index contributed by atoms with van der Waals surface area (Å²) in [5.41, 5.74) is 1.99. The van der Waals surface area contributed by atoms with E-state index in [-0.39, 0.29) is 12.5 Å². The zero-order valence-corrected chi connectivity index (χ0v) is 15.0. The fraction of sp³-hybridized carbons (Fsp3) is 0.211. The van der Waals surface area contributed by atoms with Crippen molar-refractivity contribution in [1.82, 2.24) is 5.32 Å². The van der Waals surface area contributed by atoms with E-state index in [2.05, 4.69) is 5.32 Å². The van der Waals surface area contributed by atoms with Crippen molar-refractivity contribution in [2.24, 2.45) is 0 Å². The van der Waals surface area contributed by atoms with Gasteiger partial charge >= 0.3 is 0 Å². The largest absolute Gasteiger partial charge is 0.458 e. The number of aryl methyl sites for hydroxylation is 1. The summed E-state index contributed by atoms with van der Waals surface area (Å²) in [5.74, 6) is 1.03. The maximum atomic E-state index is 11.9. The minimum Gasteiger partial charge on any atom is -0.458 e. The number of aliphatic hydroxyl groups is 1. The zero-order valence-electron chi connectivity index (χ0n) is 13.4. The topological polar surface area (TPSA) is 62.5 Å². The molecule has 0 aliphatic carbocycles. The van der Waals surface area contributed by atoms with Crippen LogP contribution in [0.15, 0.2) is 57.6 Å². The number of furan rings is 1. The third kappa shape index (κ3) is 4.95. The van der Waals surface area contributed by atoms with Crippen molar-refractivity contribution in [1.29, 1.82) is 0 Å². The van der Waals surface area contributed by atoms with Crippen LogP contribution in [0, 0.1) is 0 Å². The summed E-state index contributed by atoms with van der Waals surface area (Å²) in [7, 11) is 0. The van der Waals surface area contributed by atoms with E-state index in [9.17, 15) is 9.90 Å². The van der Waals surface area contributed by atoms with Crippen molar-refractivity contribution in [3.63, 3.8) is 0 Å². The van der Waals surface area contributed by atoms with Crippen LogP contribution < -0.4 is 5.32 Å². The highest BCUT2D eigenvalue weighted by Crippen LogP contribution is 2.26. The Kier molecular flexibility index (Phi) is 5.91. The van der Waals surface area contributed by atoms with Gasteiger partial charge in [-0.2, -0.15) is 11.3 Å². The lowest BCUT2D eigenvalue weighted by Gasteiger charge is -2.10. The Labute approximate surface area is 155 Å². The number of halogens is 1. The third-order valence-electron chi connectivity index (χ3n) is 3.78. The third-order valence-corrected chi connectivity index (χ3v) is 4.70. The van der Waals surface area contributed by atoms with Gasteiger partial charge < -0.3 is 14.8 Å². The van der Waals surface area contributed by atoms with Crippen molar-refractivity contribution < 1.29 is 14.3 Å². The molecule has 6 heteroatoms. The Morgan fingerprint density at radius 1 is 1.28 bits per heavy atom. The molecule has 0 bridgehead atoms. The lowest BCUT2D eigenvalue weighted by molar-refractivity contribution is -0.121. The summed E-state index contributed by atoms with van der Waals surface area (Å²) in [6.07, 6.45) is 0.0687. The van der Waals surface area contributed by atoms with E-state index in [0.29, 0.717) is 29.4 Å². The lowest BCUT2D eigenvalue weighted by atomic mass is 10.1. The molecule has 0 fully saturated rings. The van der Waals surface area contributed by atoms with Gasteiger partial charge in [0.15, 0.2) is 0 Å². The molecule has 1 aromatic carbocycles. The molecule has 0 unspecified atom stereocenters. The number of carbonyl (C=O) groups excluding carboxylic acids is 1. The monoisotopic (exact) mass is 375 g/mol. The van der Waals surface area contributed by atoms with Gasteiger partial charge in [-0.1, -0.05) is 23.7 Å². The number of nitrogens with one attached hydrogen (secondary N) is 1. The van der Waals surface area contributed by atoms with Crippen molar-refractivity contribution in [2.45, 2.75) is 18.9 Å². The SMILES string of the molecule is O=C(CCc1cccc(Cl)c1)NC[C@H](O)c1ccc(-c2ccsc2)o1. The van der Waals surface area contributed by atoms with Crippen LogP contribution in [0.25, 0.3) is 11.3 Å². The Bertz CT molecular complexity index is 829. The molecule has 0 saturated carbocycles. The van der Waals surface area contributed by atoms with Crippen LogP contribution in [-0.2, 0) is 11.2 Å². The normalized spacial score (nSPS) is 12.1. The van der Waals surface area contributed by atoms with Gasteiger partial charge in [0.1, 0.15) is 17.6 Å². The molecule has 0 spiro atoms. The van der Waals surface area contributed by atoms with Gasteiger partial charge in [-0.25, -0.2) is 0 Å². The fourth-order valence-electron chi connectivity index (χ4n) is 2.44. The molecule has 0 aliphatic heterocycles. The van der Waals surface area contributed by atoms with E-state index in [1.165, 1.54) is 0 Å². The van der Waals surface area contributed by atoms with Crippen molar-refractivity contribution >= 4 is 28.8 Å². The number of amides is 1. The van der Waals surface area contributed by atoms with Crippen LogP contribution in [0.5, 0.6) is 0 Å². The predicted octanol–water partition coefficient (Wildman–Crippen LogP) is 4.44. The van der Waals surface area contributed by atoms with Crippen LogP contribution in [0.1, 0.15) is 23.8 Å². The molecule has 1 amide bonds. The number of rotatable bonds is 7. The summed E-state index contributed by atoms with van der Waals surface area (Å²) in [6, 6.07) is 13.0. The van der Waals surface area contributed by atoms with Crippen molar-refractivity contribution in [3.8, 4) is 11.3 Å². The second kappa shape index (κ2) is 8.34. The average Bonchev–Trinajstić information content (AvgIpc) is 3.28. The lowest BCUT2D eigenvalue weighted by Crippen LogP contribution is -2.28. The van der Waals surface area contributed by atoms with E-state index >= 15 is 0 Å². The quantitative estimate of drug-likeness (QED) is 0.641. The first kappa shape index (κ1) is 17.7. The van der Waals surface area contributed by atoms with E-state index in [4.69, 9.17) is 16.0 Å². The van der Waals surface area contributed by atoms with Gasteiger partial charge in [0.05, 0.1) is 6.54 Å². The second-order valence-corrected chi connectivity index (χ2v) is 6.88. The summed E-state index contributed by atoms with van der Waals surface area (Å²) in [4.78, 5) is 11.9. The van der Waals surface area contributed by atoms with Gasteiger partial charge in [0.2, 0.25) is 5.91 Å². The summed E-state index contributed by atoms with van der Waals surface area (Å²) >= 11 is 7.51. The maximum Gasteiger partial charge on any atom is 0.220 e. The van der Waals surface area contributed by atoms with Crippen LogP contribution in [-0.4, -0.2) is 17.6 Å². The molecule has 2 aromatic heterocycles. The molecule has 3 rings (SSSR count). The highest BCUT2D eigenvalue weighted by atomic mass is 35.5. The van der Waals surface area contributed by atoms with Gasteiger partial charge in [-0.05, 0) is 47.7 Å². The van der Waals surface area contributed by atoms with Crippen LogP contribution in [0.3, 0.4) is 0 Å². The highest BCUT2D eigenvalue weighted by Gasteiger charge is 2.14. The fourth-order valence-corrected chi connectivity index (χ4v) is 3.30. The number of aliphatic hydroxyl groups excluding tert-OH is 1. The average molecular weight is 376 g/mol. The maximum absolute atomic E-state index is 11.9. The van der Waals surface area contributed by atoms with Crippen molar-refractivity contribution in [3.05, 3.63) is 69.6 Å². The van der Waals surface area contributed by atoms with Gasteiger partial charge in [0, 0.05) is 22.4 Å². The van der Waals surface area contributed by atoms with Crippen LogP contribution >= 0.6 is 22.9 Å².